The van der Waals surface area contributed by atoms with Crippen molar-refractivity contribution in [2.45, 2.75) is 36.0 Å². The molecule has 28 heavy (non-hydrogen) atoms. The lowest BCUT2D eigenvalue weighted by Gasteiger charge is -2.26. The fourth-order valence-corrected chi connectivity index (χ4v) is 5.92. The van der Waals surface area contributed by atoms with E-state index in [4.69, 9.17) is 0 Å². The number of halogens is 3. The van der Waals surface area contributed by atoms with Crippen LogP contribution in [0.4, 0.5) is 18.9 Å². The highest BCUT2D eigenvalue weighted by Gasteiger charge is 2.43. The number of hydrogen-bond acceptors (Lipinski definition) is 5. The van der Waals surface area contributed by atoms with Crippen molar-refractivity contribution in [2.75, 3.05) is 24.0 Å². The summed E-state index contributed by atoms with van der Waals surface area (Å²) in [6, 6.07) is 3.71. The molecular formula is C16H18F3N3O4S2. The number of nitrogens with zero attached hydrogens (tertiary/aromatic N) is 2. The van der Waals surface area contributed by atoms with Crippen molar-refractivity contribution in [3.8, 4) is 0 Å². The van der Waals surface area contributed by atoms with E-state index >= 15 is 0 Å². The molecule has 2 amide bonds. The van der Waals surface area contributed by atoms with E-state index in [1.165, 1.54) is 11.8 Å². The number of carbonyl (C=O) groups is 2. The fraction of sp³-hybridized carbons (Fsp3) is 0.500. The number of amides is 2. The van der Waals surface area contributed by atoms with E-state index in [9.17, 15) is 31.2 Å². The molecule has 1 aliphatic carbocycles. The Bertz CT molecular complexity index is 870. The predicted molar refractivity (Wildman–Crippen MR) is 97.1 cm³/mol. The Labute approximate surface area is 164 Å². The predicted octanol–water partition coefficient (Wildman–Crippen LogP) is 1.87. The molecule has 0 spiro atoms. The highest BCUT2D eigenvalue weighted by molar-refractivity contribution is 8.00. The third kappa shape index (κ3) is 4.28. The topological polar surface area (TPSA) is 86.8 Å². The van der Waals surface area contributed by atoms with Gasteiger partial charge in [0.25, 0.3) is 0 Å². The average molecular weight is 437 g/mol. The van der Waals surface area contributed by atoms with Gasteiger partial charge in [-0.3, -0.25) is 9.59 Å². The number of rotatable bonds is 5. The molecule has 154 valence electrons. The second-order valence-electron chi connectivity index (χ2n) is 6.56. The molecule has 1 unspecified atom stereocenters. The molecule has 0 radical (unpaired) electrons. The molecule has 1 aliphatic heterocycles. The van der Waals surface area contributed by atoms with Crippen molar-refractivity contribution >= 4 is 39.3 Å². The first-order valence-corrected chi connectivity index (χ1v) is 11.0. The van der Waals surface area contributed by atoms with E-state index in [-0.39, 0.29) is 28.4 Å². The largest absolute Gasteiger partial charge is 0.471 e. The van der Waals surface area contributed by atoms with Crippen molar-refractivity contribution in [1.29, 1.82) is 0 Å². The van der Waals surface area contributed by atoms with Gasteiger partial charge in [-0.15, -0.1) is 11.8 Å². The molecule has 0 bridgehead atoms. The monoisotopic (exact) mass is 437 g/mol. The minimum absolute atomic E-state index is 0.115. The van der Waals surface area contributed by atoms with E-state index in [1.807, 2.05) is 0 Å². The van der Waals surface area contributed by atoms with Crippen molar-refractivity contribution in [3.63, 3.8) is 0 Å². The molecule has 0 aromatic heterocycles. The molecule has 1 saturated carbocycles. The molecule has 1 saturated heterocycles. The van der Waals surface area contributed by atoms with Crippen LogP contribution in [0.15, 0.2) is 29.2 Å². The Morgan fingerprint density at radius 2 is 1.82 bits per heavy atom. The van der Waals surface area contributed by atoms with Gasteiger partial charge in [0, 0.05) is 24.5 Å². The third-order valence-corrected chi connectivity index (χ3v) is 7.59. The molecule has 1 heterocycles. The van der Waals surface area contributed by atoms with Gasteiger partial charge in [-0.25, -0.2) is 8.42 Å². The van der Waals surface area contributed by atoms with Crippen molar-refractivity contribution < 1.29 is 31.2 Å². The quantitative estimate of drug-likeness (QED) is 0.760. The van der Waals surface area contributed by atoms with Crippen LogP contribution in [0.3, 0.4) is 0 Å². The number of alkyl halides is 3. The Morgan fingerprint density at radius 3 is 2.36 bits per heavy atom. The summed E-state index contributed by atoms with van der Waals surface area (Å²) in [6.07, 6.45) is -3.24. The number of sulfonamides is 1. The van der Waals surface area contributed by atoms with Gasteiger partial charge in [-0.05, 0) is 37.1 Å². The first kappa shape index (κ1) is 20.9. The van der Waals surface area contributed by atoms with Gasteiger partial charge in [0.15, 0.2) is 0 Å². The zero-order valence-electron chi connectivity index (χ0n) is 14.8. The van der Waals surface area contributed by atoms with E-state index < -0.39 is 28.1 Å². The molecular weight excluding hydrogens is 419 g/mol. The minimum atomic E-state index is -5.04. The van der Waals surface area contributed by atoms with Gasteiger partial charge in [-0.2, -0.15) is 17.5 Å². The summed E-state index contributed by atoms with van der Waals surface area (Å²) in [5, 5.41) is 1.65. The van der Waals surface area contributed by atoms with Crippen LogP contribution in [0.5, 0.6) is 0 Å². The summed E-state index contributed by atoms with van der Waals surface area (Å²) in [5.74, 6) is -1.95. The molecule has 7 nitrogen and oxygen atoms in total. The minimum Gasteiger partial charge on any atom is -0.341 e. The smallest absolute Gasteiger partial charge is 0.341 e. The number of likely N-dealkylation sites (N-methyl/N-ethyl adjacent to an activating group) is 1. The lowest BCUT2D eigenvalue weighted by molar-refractivity contribution is -0.167. The zero-order chi connectivity index (χ0) is 20.7. The van der Waals surface area contributed by atoms with Gasteiger partial charge >= 0.3 is 12.1 Å². The van der Waals surface area contributed by atoms with Crippen LogP contribution in [0.1, 0.15) is 12.8 Å². The first-order chi connectivity index (χ1) is 13.0. The van der Waals surface area contributed by atoms with Crippen molar-refractivity contribution in [2.24, 2.45) is 0 Å². The highest BCUT2D eigenvalue weighted by atomic mass is 32.2. The number of carbonyl (C=O) groups excluding carboxylic acids is 2. The molecule has 1 N–H and O–H groups in total. The van der Waals surface area contributed by atoms with Gasteiger partial charge in [0.05, 0.1) is 10.8 Å². The summed E-state index contributed by atoms with van der Waals surface area (Å²) in [4.78, 5) is 25.0. The second kappa shape index (κ2) is 7.56. The SMILES string of the molecule is CN(C(=O)C1CSCN1S(=O)(=O)c1ccc(NC(=O)C(F)(F)F)cc1)C1CC1. The lowest BCUT2D eigenvalue weighted by atomic mass is 10.3. The molecule has 2 aliphatic rings. The second-order valence-corrected chi connectivity index (χ2v) is 9.45. The van der Waals surface area contributed by atoms with Crippen LogP contribution in [0.25, 0.3) is 0 Å². The Hall–Kier alpha value is -1.79. The van der Waals surface area contributed by atoms with Crippen molar-refractivity contribution in [3.05, 3.63) is 24.3 Å². The van der Waals surface area contributed by atoms with Crippen LogP contribution < -0.4 is 5.32 Å². The zero-order valence-corrected chi connectivity index (χ0v) is 16.4. The van der Waals surface area contributed by atoms with Crippen LogP contribution in [-0.2, 0) is 19.6 Å². The normalized spacial score (nSPS) is 20.8. The van der Waals surface area contributed by atoms with Crippen LogP contribution in [-0.4, -0.2) is 66.4 Å². The summed E-state index contributed by atoms with van der Waals surface area (Å²) >= 11 is 1.32. The van der Waals surface area contributed by atoms with Crippen LogP contribution in [0.2, 0.25) is 0 Å². The van der Waals surface area contributed by atoms with Crippen LogP contribution >= 0.6 is 11.8 Å². The van der Waals surface area contributed by atoms with E-state index in [1.54, 1.807) is 17.3 Å². The maximum absolute atomic E-state index is 12.9. The Morgan fingerprint density at radius 1 is 1.21 bits per heavy atom. The number of benzene rings is 1. The van der Waals surface area contributed by atoms with Crippen molar-refractivity contribution in [1.82, 2.24) is 9.21 Å². The maximum atomic E-state index is 12.9. The summed E-state index contributed by atoms with van der Waals surface area (Å²) < 4.78 is 63.9. The van der Waals surface area contributed by atoms with Gasteiger partial charge in [0.1, 0.15) is 6.04 Å². The molecule has 3 rings (SSSR count). The van der Waals surface area contributed by atoms with E-state index in [2.05, 4.69) is 0 Å². The molecule has 2 fully saturated rings. The standard InChI is InChI=1S/C16H18F3N3O4S2/c1-21(11-4-5-11)14(23)13-8-27-9-22(13)28(25,26)12-6-2-10(3-7-12)20-15(24)16(17,18)19/h2-3,6-7,11,13H,4-5,8-9H2,1H3,(H,20,24). The molecule has 1 aromatic carbocycles. The fourth-order valence-electron chi connectivity index (χ4n) is 2.78. The Kier molecular flexibility index (Phi) is 5.65. The molecule has 1 aromatic rings. The summed E-state index contributed by atoms with van der Waals surface area (Å²) in [6.45, 7) is 0. The lowest BCUT2D eigenvalue weighted by Crippen LogP contribution is -2.48. The number of hydrogen-bond donors (Lipinski definition) is 1. The maximum Gasteiger partial charge on any atom is 0.471 e. The first-order valence-electron chi connectivity index (χ1n) is 8.36. The van der Waals surface area contributed by atoms with Gasteiger partial charge < -0.3 is 10.2 Å². The Balaban J connectivity index is 1.76. The number of nitrogens with one attached hydrogen (secondary N) is 1. The molecule has 12 heteroatoms. The van der Waals surface area contributed by atoms with Gasteiger partial charge in [-0.1, -0.05) is 0 Å². The number of anilines is 1. The summed E-state index contributed by atoms with van der Waals surface area (Å²) in [5.41, 5.74) is -0.182. The summed E-state index contributed by atoms with van der Waals surface area (Å²) in [7, 11) is -2.36. The highest BCUT2D eigenvalue weighted by Crippen LogP contribution is 2.32. The van der Waals surface area contributed by atoms with Gasteiger partial charge in [0.2, 0.25) is 15.9 Å². The average Bonchev–Trinajstić information content (AvgIpc) is 3.35. The van der Waals surface area contributed by atoms with E-state index in [0.717, 1.165) is 41.4 Å². The molecule has 1 atom stereocenters. The third-order valence-electron chi connectivity index (χ3n) is 4.55. The van der Waals surface area contributed by atoms with E-state index in [0.29, 0.717) is 5.75 Å². The number of thioether (sulfide) groups is 1. The van der Waals surface area contributed by atoms with Crippen LogP contribution in [0, 0.1) is 0 Å².